The Balaban J connectivity index is 2.23. The lowest BCUT2D eigenvalue weighted by Crippen LogP contribution is -2.24. The zero-order valence-electron chi connectivity index (χ0n) is 5.42. The van der Waals surface area contributed by atoms with E-state index >= 15 is 0 Å². The Bertz CT molecular complexity index is 137. The van der Waals surface area contributed by atoms with Crippen molar-refractivity contribution < 1.29 is 9.84 Å². The maximum Gasteiger partial charge on any atom is 0.120 e. The molecule has 1 aliphatic rings. The smallest absolute Gasteiger partial charge is 0.120 e. The van der Waals surface area contributed by atoms with Gasteiger partial charge in [0.1, 0.15) is 12.2 Å². The highest BCUT2D eigenvalue weighted by Gasteiger charge is 2.13. The van der Waals surface area contributed by atoms with Crippen molar-refractivity contribution in [3.63, 3.8) is 0 Å². The van der Waals surface area contributed by atoms with E-state index in [0.29, 0.717) is 0 Å². The van der Waals surface area contributed by atoms with Crippen molar-refractivity contribution in [2.45, 2.75) is 25.6 Å². The molecular weight excluding hydrogens is 116 g/mol. The van der Waals surface area contributed by atoms with Gasteiger partial charge in [-0.25, -0.2) is 0 Å². The molecule has 0 amide bonds. The van der Waals surface area contributed by atoms with Gasteiger partial charge in [-0.1, -0.05) is 11.8 Å². The van der Waals surface area contributed by atoms with Gasteiger partial charge in [-0.05, 0) is 6.92 Å². The van der Waals surface area contributed by atoms with Crippen LogP contribution in [0, 0.1) is 11.8 Å². The molecule has 1 rings (SSSR count). The number of rotatable bonds is 0. The predicted molar refractivity (Wildman–Crippen MR) is 33.8 cm³/mol. The van der Waals surface area contributed by atoms with Crippen molar-refractivity contribution in [1.82, 2.24) is 0 Å². The number of aliphatic hydroxyl groups is 1. The zero-order valence-corrected chi connectivity index (χ0v) is 5.42. The fourth-order valence-electron chi connectivity index (χ4n) is 0.563. The van der Waals surface area contributed by atoms with Gasteiger partial charge in [0.2, 0.25) is 0 Å². The van der Waals surface area contributed by atoms with Crippen LogP contribution in [0.1, 0.15) is 13.3 Å². The Morgan fingerprint density at radius 2 is 2.44 bits per heavy atom. The minimum atomic E-state index is -0.519. The van der Waals surface area contributed by atoms with Gasteiger partial charge in [-0.15, -0.1) is 0 Å². The average molecular weight is 126 g/mol. The first-order chi connectivity index (χ1) is 4.29. The summed E-state index contributed by atoms with van der Waals surface area (Å²) in [6.45, 7) is 2.46. The third kappa shape index (κ3) is 2.05. The Hall–Kier alpha value is -0.520. The molecule has 1 N–H and O–H groups in total. The molecule has 0 saturated carbocycles. The second kappa shape index (κ2) is 2.86. The van der Waals surface area contributed by atoms with Gasteiger partial charge in [-0.3, -0.25) is 0 Å². The van der Waals surface area contributed by atoms with Crippen LogP contribution in [-0.2, 0) is 4.74 Å². The second-order valence-electron chi connectivity index (χ2n) is 2.11. The SMILES string of the molecule is CC(O)C#CC1CCO1. The lowest BCUT2D eigenvalue weighted by Gasteiger charge is -2.20. The fourth-order valence-corrected chi connectivity index (χ4v) is 0.563. The van der Waals surface area contributed by atoms with Crippen LogP contribution in [-0.4, -0.2) is 23.9 Å². The topological polar surface area (TPSA) is 29.5 Å². The summed E-state index contributed by atoms with van der Waals surface area (Å²) in [5.41, 5.74) is 0. The molecule has 0 aliphatic carbocycles. The standard InChI is InChI=1S/C7H10O2/c1-6(8)2-3-7-4-5-9-7/h6-8H,4-5H2,1H3. The molecule has 2 atom stereocenters. The van der Waals surface area contributed by atoms with Crippen molar-refractivity contribution in [2.24, 2.45) is 0 Å². The molecule has 50 valence electrons. The summed E-state index contributed by atoms with van der Waals surface area (Å²) < 4.78 is 5.00. The summed E-state index contributed by atoms with van der Waals surface area (Å²) in [6, 6.07) is 0. The van der Waals surface area contributed by atoms with Gasteiger partial charge in [0.05, 0.1) is 6.61 Å². The highest BCUT2D eigenvalue weighted by Crippen LogP contribution is 2.08. The first-order valence-electron chi connectivity index (χ1n) is 3.10. The molecule has 0 aromatic heterocycles. The molecule has 1 saturated heterocycles. The fraction of sp³-hybridized carbons (Fsp3) is 0.714. The van der Waals surface area contributed by atoms with Crippen molar-refractivity contribution >= 4 is 0 Å². The van der Waals surface area contributed by atoms with Crippen LogP contribution in [0.25, 0.3) is 0 Å². The largest absolute Gasteiger partial charge is 0.381 e. The third-order valence-corrected chi connectivity index (χ3v) is 1.15. The Labute approximate surface area is 54.8 Å². The quantitative estimate of drug-likeness (QED) is 0.468. The normalized spacial score (nSPS) is 27.6. The van der Waals surface area contributed by atoms with E-state index in [-0.39, 0.29) is 6.10 Å². The molecule has 0 spiro atoms. The predicted octanol–water partition coefficient (Wildman–Crippen LogP) is 0.159. The van der Waals surface area contributed by atoms with E-state index in [2.05, 4.69) is 11.8 Å². The molecule has 1 fully saturated rings. The third-order valence-electron chi connectivity index (χ3n) is 1.15. The van der Waals surface area contributed by atoms with Crippen LogP contribution >= 0.6 is 0 Å². The van der Waals surface area contributed by atoms with Crippen LogP contribution in [0.4, 0.5) is 0 Å². The Morgan fingerprint density at radius 3 is 2.78 bits per heavy atom. The van der Waals surface area contributed by atoms with E-state index in [1.165, 1.54) is 0 Å². The van der Waals surface area contributed by atoms with Crippen LogP contribution in [0.15, 0.2) is 0 Å². The first kappa shape index (κ1) is 6.60. The van der Waals surface area contributed by atoms with Crippen molar-refractivity contribution in [3.8, 4) is 11.8 Å². The average Bonchev–Trinajstić information content (AvgIpc) is 1.60. The summed E-state index contributed by atoms with van der Waals surface area (Å²) in [7, 11) is 0. The number of aliphatic hydroxyl groups excluding tert-OH is 1. The Morgan fingerprint density at radius 1 is 1.78 bits per heavy atom. The van der Waals surface area contributed by atoms with E-state index < -0.39 is 6.10 Å². The monoisotopic (exact) mass is 126 g/mol. The van der Waals surface area contributed by atoms with E-state index in [1.54, 1.807) is 6.92 Å². The van der Waals surface area contributed by atoms with Crippen LogP contribution in [0.2, 0.25) is 0 Å². The molecule has 0 radical (unpaired) electrons. The lowest BCUT2D eigenvalue weighted by molar-refractivity contribution is -0.0124. The summed E-state index contributed by atoms with van der Waals surface area (Å²) in [5.74, 6) is 5.42. The molecule has 1 aliphatic heterocycles. The number of hydrogen-bond acceptors (Lipinski definition) is 2. The van der Waals surface area contributed by atoms with Gasteiger partial charge < -0.3 is 9.84 Å². The van der Waals surface area contributed by atoms with Gasteiger partial charge in [0, 0.05) is 6.42 Å². The minimum Gasteiger partial charge on any atom is -0.381 e. The summed E-state index contributed by atoms with van der Waals surface area (Å²) >= 11 is 0. The van der Waals surface area contributed by atoms with Crippen LogP contribution in [0.5, 0.6) is 0 Å². The van der Waals surface area contributed by atoms with Gasteiger partial charge in [0.15, 0.2) is 0 Å². The molecule has 1 heterocycles. The van der Waals surface area contributed by atoms with E-state index in [0.717, 1.165) is 13.0 Å². The van der Waals surface area contributed by atoms with Gasteiger partial charge in [0.25, 0.3) is 0 Å². The maximum atomic E-state index is 8.69. The van der Waals surface area contributed by atoms with Crippen molar-refractivity contribution in [2.75, 3.05) is 6.61 Å². The van der Waals surface area contributed by atoms with Crippen molar-refractivity contribution in [3.05, 3.63) is 0 Å². The van der Waals surface area contributed by atoms with Gasteiger partial charge in [-0.2, -0.15) is 0 Å². The molecule has 0 aromatic carbocycles. The molecule has 9 heavy (non-hydrogen) atoms. The number of ether oxygens (including phenoxy) is 1. The molecule has 0 bridgehead atoms. The first-order valence-corrected chi connectivity index (χ1v) is 3.10. The summed E-state index contributed by atoms with van der Waals surface area (Å²) in [4.78, 5) is 0. The van der Waals surface area contributed by atoms with E-state index in [4.69, 9.17) is 9.84 Å². The van der Waals surface area contributed by atoms with Crippen molar-refractivity contribution in [1.29, 1.82) is 0 Å². The molecule has 0 aromatic rings. The molecule has 2 nitrogen and oxygen atoms in total. The zero-order chi connectivity index (χ0) is 6.69. The highest BCUT2D eigenvalue weighted by atomic mass is 16.5. The van der Waals surface area contributed by atoms with E-state index in [1.807, 2.05) is 0 Å². The second-order valence-corrected chi connectivity index (χ2v) is 2.11. The Kier molecular flexibility index (Phi) is 2.10. The molecular formula is C7H10O2. The lowest BCUT2D eigenvalue weighted by atomic mass is 10.2. The molecule has 2 heteroatoms. The summed E-state index contributed by atoms with van der Waals surface area (Å²) in [5, 5.41) is 8.69. The van der Waals surface area contributed by atoms with E-state index in [9.17, 15) is 0 Å². The maximum absolute atomic E-state index is 8.69. The summed E-state index contributed by atoms with van der Waals surface area (Å²) in [6.07, 6.45) is 0.591. The van der Waals surface area contributed by atoms with Gasteiger partial charge >= 0.3 is 0 Å². The number of hydrogen-bond donors (Lipinski definition) is 1. The highest BCUT2D eigenvalue weighted by molar-refractivity contribution is 5.09. The molecule has 2 unspecified atom stereocenters. The van der Waals surface area contributed by atoms with Crippen LogP contribution < -0.4 is 0 Å². The van der Waals surface area contributed by atoms with Crippen LogP contribution in [0.3, 0.4) is 0 Å². The minimum absolute atomic E-state index is 0.0969.